The maximum absolute atomic E-state index is 13.4. The number of nitrogens with zero attached hydrogens (tertiary/aromatic N) is 2. The first kappa shape index (κ1) is 22.4. The van der Waals surface area contributed by atoms with Gasteiger partial charge < -0.3 is 5.32 Å². The molecule has 0 aromatic heterocycles. The molecule has 1 aliphatic heterocycles. The lowest BCUT2D eigenvalue weighted by molar-refractivity contribution is -0.117. The summed E-state index contributed by atoms with van der Waals surface area (Å²) in [5.41, 5.74) is 3.92. The van der Waals surface area contributed by atoms with Crippen LogP contribution in [0.3, 0.4) is 0 Å². The first-order chi connectivity index (χ1) is 15.0. The van der Waals surface area contributed by atoms with E-state index in [-0.39, 0.29) is 18.0 Å². The molecule has 158 valence electrons. The van der Waals surface area contributed by atoms with Gasteiger partial charge in [-0.1, -0.05) is 66.7 Å². The summed E-state index contributed by atoms with van der Waals surface area (Å²) in [6, 6.07) is 17.7. The second-order valence-electron chi connectivity index (χ2n) is 7.28. The molecule has 6 heteroatoms. The minimum Gasteiger partial charge on any atom is -0.348 e. The van der Waals surface area contributed by atoms with Crippen LogP contribution in [-0.4, -0.2) is 23.6 Å². The first-order valence-corrected chi connectivity index (χ1v) is 11.0. The fraction of sp³-hybridized carbons (Fsp3) is 0.240. The monoisotopic (exact) mass is 431 g/mol. The van der Waals surface area contributed by atoms with Crippen LogP contribution in [0.5, 0.6) is 0 Å². The number of anilines is 1. The van der Waals surface area contributed by atoms with Crippen LogP contribution in [0, 0.1) is 18.3 Å². The number of carbonyl (C=O) groups excluding carboxylic acids is 2. The molecule has 1 atom stereocenters. The molecule has 2 aromatic rings. The molecule has 2 aromatic carbocycles. The Morgan fingerprint density at radius 3 is 2.42 bits per heavy atom. The van der Waals surface area contributed by atoms with E-state index in [9.17, 15) is 14.9 Å². The highest BCUT2D eigenvalue weighted by Gasteiger charge is 2.40. The highest BCUT2D eigenvalue weighted by molar-refractivity contribution is 8.05. The molecule has 0 saturated carbocycles. The third-order valence-electron chi connectivity index (χ3n) is 5.06. The second kappa shape index (κ2) is 10.1. The standard InChI is InChI=1S/C25H25N3O2S/c1-4-14-27-23(29)21(16-26)25-28(20-12-10-18(5-2)11-13-20)24(30)22(31-25)15-19-8-6-17(3)7-9-19/h4,6-13,22H,1,5,14-15H2,2-3H3,(H,27,29)/b25-21-. The Morgan fingerprint density at radius 1 is 1.19 bits per heavy atom. The molecule has 5 nitrogen and oxygen atoms in total. The quantitative estimate of drug-likeness (QED) is 0.403. The fourth-order valence-electron chi connectivity index (χ4n) is 3.29. The largest absolute Gasteiger partial charge is 0.348 e. The molecular formula is C25H25N3O2S. The zero-order valence-corrected chi connectivity index (χ0v) is 18.5. The van der Waals surface area contributed by atoms with E-state index in [0.29, 0.717) is 17.1 Å². The van der Waals surface area contributed by atoms with E-state index < -0.39 is 11.2 Å². The van der Waals surface area contributed by atoms with Gasteiger partial charge in [0, 0.05) is 12.2 Å². The number of rotatable bonds is 7. The van der Waals surface area contributed by atoms with Crippen LogP contribution in [0.15, 0.2) is 71.8 Å². The summed E-state index contributed by atoms with van der Waals surface area (Å²) in [7, 11) is 0. The highest BCUT2D eigenvalue weighted by Crippen LogP contribution is 2.42. The summed E-state index contributed by atoms with van der Waals surface area (Å²) in [5, 5.41) is 12.4. The number of hydrogen-bond donors (Lipinski definition) is 1. The van der Waals surface area contributed by atoms with E-state index in [4.69, 9.17) is 0 Å². The zero-order valence-electron chi connectivity index (χ0n) is 17.7. The first-order valence-electron chi connectivity index (χ1n) is 10.2. The van der Waals surface area contributed by atoms with Crippen LogP contribution in [0.1, 0.15) is 23.6 Å². The molecule has 0 bridgehead atoms. The minimum atomic E-state index is -0.510. The van der Waals surface area contributed by atoms with Gasteiger partial charge in [0.05, 0.1) is 5.25 Å². The van der Waals surface area contributed by atoms with Crippen LogP contribution in [0.4, 0.5) is 5.69 Å². The van der Waals surface area contributed by atoms with Crippen LogP contribution in [-0.2, 0) is 22.4 Å². The maximum atomic E-state index is 13.4. The maximum Gasteiger partial charge on any atom is 0.264 e. The second-order valence-corrected chi connectivity index (χ2v) is 8.47. The Morgan fingerprint density at radius 2 is 1.84 bits per heavy atom. The molecule has 0 radical (unpaired) electrons. The van der Waals surface area contributed by atoms with E-state index in [1.807, 2.05) is 61.5 Å². The van der Waals surface area contributed by atoms with Crippen molar-refractivity contribution in [2.75, 3.05) is 11.4 Å². The van der Waals surface area contributed by atoms with Gasteiger partial charge in [-0.25, -0.2) is 0 Å². The van der Waals surface area contributed by atoms with E-state index in [0.717, 1.165) is 23.1 Å². The Labute approximate surface area is 187 Å². The van der Waals surface area contributed by atoms with Gasteiger partial charge in [0.25, 0.3) is 5.91 Å². The van der Waals surface area contributed by atoms with Crippen molar-refractivity contribution < 1.29 is 9.59 Å². The summed E-state index contributed by atoms with van der Waals surface area (Å²) in [5.74, 6) is -0.641. The number of hydrogen-bond acceptors (Lipinski definition) is 4. The lowest BCUT2D eigenvalue weighted by atomic mass is 10.1. The van der Waals surface area contributed by atoms with Gasteiger partial charge in [0.2, 0.25) is 5.91 Å². The van der Waals surface area contributed by atoms with Gasteiger partial charge in [0.15, 0.2) is 0 Å². The Hall–Kier alpha value is -3.30. The van der Waals surface area contributed by atoms with Gasteiger partial charge >= 0.3 is 0 Å². The predicted molar refractivity (Wildman–Crippen MR) is 125 cm³/mol. The predicted octanol–water partition coefficient (Wildman–Crippen LogP) is 4.29. The SMILES string of the molecule is C=CCNC(=O)/C(C#N)=C1\SC(Cc2ccc(C)cc2)C(=O)N1c1ccc(CC)cc1. The molecule has 31 heavy (non-hydrogen) atoms. The average Bonchev–Trinajstić information content (AvgIpc) is 3.10. The van der Waals surface area contributed by atoms with Crippen LogP contribution in [0.2, 0.25) is 0 Å². The number of carbonyl (C=O) groups is 2. The third kappa shape index (κ3) is 5.07. The summed E-state index contributed by atoms with van der Waals surface area (Å²) >= 11 is 1.27. The summed E-state index contributed by atoms with van der Waals surface area (Å²) in [6.07, 6.45) is 2.95. The smallest absolute Gasteiger partial charge is 0.264 e. The fourth-order valence-corrected chi connectivity index (χ4v) is 4.60. The minimum absolute atomic E-state index is 0.0637. The Bertz CT molecular complexity index is 1050. The summed E-state index contributed by atoms with van der Waals surface area (Å²) in [6.45, 7) is 7.91. The average molecular weight is 432 g/mol. The van der Waals surface area contributed by atoms with Crippen molar-refractivity contribution in [1.29, 1.82) is 5.26 Å². The zero-order chi connectivity index (χ0) is 22.4. The molecule has 1 saturated heterocycles. The van der Waals surface area contributed by atoms with Gasteiger partial charge in [-0.2, -0.15) is 5.26 Å². The van der Waals surface area contributed by atoms with Crippen molar-refractivity contribution in [3.8, 4) is 6.07 Å². The highest BCUT2D eigenvalue weighted by atomic mass is 32.2. The lowest BCUT2D eigenvalue weighted by Gasteiger charge is -2.19. The van der Waals surface area contributed by atoms with Crippen molar-refractivity contribution in [2.24, 2.45) is 0 Å². The van der Waals surface area contributed by atoms with Crippen LogP contribution < -0.4 is 10.2 Å². The van der Waals surface area contributed by atoms with Crippen molar-refractivity contribution >= 4 is 29.3 Å². The van der Waals surface area contributed by atoms with Gasteiger partial charge in [-0.05, 0) is 43.0 Å². The summed E-state index contributed by atoms with van der Waals surface area (Å²) < 4.78 is 0. The molecule has 2 amide bonds. The molecular weight excluding hydrogens is 406 g/mol. The van der Waals surface area contributed by atoms with E-state index in [2.05, 4.69) is 18.8 Å². The lowest BCUT2D eigenvalue weighted by Crippen LogP contribution is -2.32. The van der Waals surface area contributed by atoms with E-state index in [1.54, 1.807) is 6.08 Å². The van der Waals surface area contributed by atoms with Crippen molar-refractivity contribution in [3.05, 3.63) is 88.5 Å². The Kier molecular flexibility index (Phi) is 7.32. The molecule has 1 aliphatic rings. The van der Waals surface area contributed by atoms with Crippen LogP contribution >= 0.6 is 11.8 Å². The number of aryl methyl sites for hydroxylation is 2. The van der Waals surface area contributed by atoms with E-state index >= 15 is 0 Å². The van der Waals surface area contributed by atoms with Crippen molar-refractivity contribution in [3.63, 3.8) is 0 Å². The molecule has 1 unspecified atom stereocenters. The van der Waals surface area contributed by atoms with Gasteiger partial charge in [-0.3, -0.25) is 14.5 Å². The molecule has 0 spiro atoms. The van der Waals surface area contributed by atoms with Crippen LogP contribution in [0.25, 0.3) is 0 Å². The Balaban J connectivity index is 2.01. The van der Waals surface area contributed by atoms with E-state index in [1.165, 1.54) is 16.7 Å². The van der Waals surface area contributed by atoms with Crippen molar-refractivity contribution in [1.82, 2.24) is 5.32 Å². The van der Waals surface area contributed by atoms with Gasteiger partial charge in [-0.15, -0.1) is 6.58 Å². The molecule has 0 aliphatic carbocycles. The molecule has 1 fully saturated rings. The van der Waals surface area contributed by atoms with Crippen molar-refractivity contribution in [2.45, 2.75) is 31.9 Å². The third-order valence-corrected chi connectivity index (χ3v) is 6.32. The normalized spacial score (nSPS) is 17.3. The summed E-state index contributed by atoms with van der Waals surface area (Å²) in [4.78, 5) is 27.5. The number of thioether (sulfide) groups is 1. The van der Waals surface area contributed by atoms with Gasteiger partial charge in [0.1, 0.15) is 16.7 Å². The molecule has 3 rings (SSSR count). The number of nitrogens with one attached hydrogen (secondary N) is 1. The molecule has 1 N–H and O–H groups in total. The molecule has 1 heterocycles. The number of amides is 2. The number of benzene rings is 2. The topological polar surface area (TPSA) is 73.2 Å². The number of nitriles is 1.